The molecule has 2 rings (SSSR count). The number of guanidine groups is 1. The third-order valence-corrected chi connectivity index (χ3v) is 5.63. The summed E-state index contributed by atoms with van der Waals surface area (Å²) in [6, 6.07) is 6.68. The average molecular weight is 494 g/mol. The van der Waals surface area contributed by atoms with Crippen LogP contribution in [0.5, 0.6) is 0 Å². The van der Waals surface area contributed by atoms with Crippen molar-refractivity contribution in [1.29, 1.82) is 0 Å². The van der Waals surface area contributed by atoms with Crippen LogP contribution in [-0.2, 0) is 0 Å². The van der Waals surface area contributed by atoms with Crippen LogP contribution in [0.4, 0.5) is 4.39 Å². The largest absolute Gasteiger partial charge is 0.356 e. The predicted octanol–water partition coefficient (Wildman–Crippen LogP) is 3.82. The van der Waals surface area contributed by atoms with Crippen LogP contribution in [0.3, 0.4) is 0 Å². The fraction of sp³-hybridized carbons (Fsp3) is 0.632. The highest BCUT2D eigenvalue weighted by atomic mass is 127. The number of hydrogen-bond acceptors (Lipinski definition) is 3. The number of aliphatic imine (C=N–C) groups is 1. The van der Waals surface area contributed by atoms with Crippen LogP contribution in [0, 0.1) is 11.7 Å². The number of halogens is 2. The molecule has 4 nitrogen and oxygen atoms in total. The molecule has 26 heavy (non-hydrogen) atoms. The van der Waals surface area contributed by atoms with Crippen LogP contribution in [-0.4, -0.2) is 56.4 Å². The van der Waals surface area contributed by atoms with Crippen LogP contribution >= 0.6 is 35.7 Å². The molecule has 1 unspecified atom stereocenters. The van der Waals surface area contributed by atoms with Crippen LogP contribution in [0.15, 0.2) is 34.2 Å². The van der Waals surface area contributed by atoms with Crippen LogP contribution in [0.1, 0.15) is 26.2 Å². The van der Waals surface area contributed by atoms with Crippen LogP contribution in [0.2, 0.25) is 0 Å². The fourth-order valence-electron chi connectivity index (χ4n) is 3.07. The Morgan fingerprint density at radius 3 is 2.77 bits per heavy atom. The van der Waals surface area contributed by atoms with Gasteiger partial charge in [0.2, 0.25) is 0 Å². The Balaban J connectivity index is 0.00000338. The molecule has 1 aromatic carbocycles. The van der Waals surface area contributed by atoms with E-state index in [0.717, 1.165) is 42.7 Å². The Hall–Kier alpha value is -0.540. The van der Waals surface area contributed by atoms with Crippen molar-refractivity contribution >= 4 is 41.7 Å². The molecule has 1 aliphatic heterocycles. The first kappa shape index (κ1) is 23.5. The van der Waals surface area contributed by atoms with Gasteiger partial charge in [0.1, 0.15) is 5.82 Å². The van der Waals surface area contributed by atoms with Gasteiger partial charge in [-0.15, -0.1) is 35.7 Å². The molecule has 0 aromatic heterocycles. The molecule has 1 atom stereocenters. The van der Waals surface area contributed by atoms with Gasteiger partial charge in [-0.3, -0.25) is 4.99 Å². The van der Waals surface area contributed by atoms with Crippen molar-refractivity contribution in [2.75, 3.05) is 45.5 Å². The number of hydrogen-bond donors (Lipinski definition) is 2. The van der Waals surface area contributed by atoms with Crippen molar-refractivity contribution in [3.8, 4) is 0 Å². The van der Waals surface area contributed by atoms with E-state index < -0.39 is 0 Å². The van der Waals surface area contributed by atoms with Gasteiger partial charge in [0.15, 0.2) is 5.96 Å². The van der Waals surface area contributed by atoms with E-state index in [1.165, 1.54) is 38.1 Å². The molecule has 0 saturated carbocycles. The normalized spacial score (nSPS) is 18.3. The third-order valence-electron chi connectivity index (χ3n) is 4.53. The zero-order valence-corrected chi connectivity index (χ0v) is 19.0. The lowest BCUT2D eigenvalue weighted by atomic mass is 9.98. The number of rotatable bonds is 8. The van der Waals surface area contributed by atoms with Crippen LogP contribution in [0.25, 0.3) is 0 Å². The first-order valence-electron chi connectivity index (χ1n) is 9.26. The standard InChI is InChI=1S/C19H31FN4S.HI/c1-3-24-12-4-6-16(15-24)14-23-19(21-2)22-11-5-13-25-18-9-7-17(20)8-10-18;/h7-10,16H,3-6,11-15H2,1-2H3,(H2,21,22,23);1H. The maximum atomic E-state index is 12.9. The minimum atomic E-state index is -0.180. The Bertz CT molecular complexity index is 527. The van der Waals surface area contributed by atoms with E-state index in [1.807, 2.05) is 19.2 Å². The molecule has 1 heterocycles. The maximum absolute atomic E-state index is 12.9. The Morgan fingerprint density at radius 2 is 2.08 bits per heavy atom. The van der Waals surface area contributed by atoms with Gasteiger partial charge in [-0.1, -0.05) is 6.92 Å². The summed E-state index contributed by atoms with van der Waals surface area (Å²) in [4.78, 5) is 7.95. The van der Waals surface area contributed by atoms with Gasteiger partial charge >= 0.3 is 0 Å². The predicted molar refractivity (Wildman–Crippen MR) is 121 cm³/mol. The number of thioether (sulfide) groups is 1. The highest BCUT2D eigenvalue weighted by molar-refractivity contribution is 14.0. The van der Waals surface area contributed by atoms with E-state index in [0.29, 0.717) is 5.92 Å². The van der Waals surface area contributed by atoms with Crippen molar-refractivity contribution in [3.05, 3.63) is 30.1 Å². The van der Waals surface area contributed by atoms with E-state index in [-0.39, 0.29) is 29.8 Å². The summed E-state index contributed by atoms with van der Waals surface area (Å²) in [7, 11) is 1.82. The van der Waals surface area contributed by atoms with Gasteiger partial charge in [0, 0.05) is 31.6 Å². The van der Waals surface area contributed by atoms with Crippen LogP contribution < -0.4 is 10.6 Å². The second kappa shape index (κ2) is 13.6. The van der Waals surface area contributed by atoms with Crippen molar-refractivity contribution < 1.29 is 4.39 Å². The van der Waals surface area contributed by atoms with E-state index >= 15 is 0 Å². The summed E-state index contributed by atoms with van der Waals surface area (Å²) >= 11 is 1.75. The van der Waals surface area contributed by atoms with Crippen molar-refractivity contribution in [3.63, 3.8) is 0 Å². The lowest BCUT2D eigenvalue weighted by molar-refractivity contribution is 0.183. The van der Waals surface area contributed by atoms with Gasteiger partial charge in [-0.2, -0.15) is 0 Å². The highest BCUT2D eigenvalue weighted by Crippen LogP contribution is 2.18. The van der Waals surface area contributed by atoms with Gasteiger partial charge in [0.25, 0.3) is 0 Å². The molecule has 2 N–H and O–H groups in total. The van der Waals surface area contributed by atoms with Crippen molar-refractivity contribution in [2.45, 2.75) is 31.1 Å². The van der Waals surface area contributed by atoms with Crippen molar-refractivity contribution in [1.82, 2.24) is 15.5 Å². The quantitative estimate of drug-likeness (QED) is 0.190. The summed E-state index contributed by atoms with van der Waals surface area (Å²) < 4.78 is 12.9. The zero-order valence-electron chi connectivity index (χ0n) is 15.8. The first-order chi connectivity index (χ1) is 12.2. The summed E-state index contributed by atoms with van der Waals surface area (Å²) in [5.74, 6) is 2.42. The molecule has 1 saturated heterocycles. The minimum absolute atomic E-state index is 0. The van der Waals surface area contributed by atoms with Gasteiger partial charge in [-0.05, 0) is 68.3 Å². The molecule has 1 aromatic rings. The Morgan fingerprint density at radius 1 is 1.31 bits per heavy atom. The van der Waals surface area contributed by atoms with Gasteiger partial charge in [-0.25, -0.2) is 4.39 Å². The summed E-state index contributed by atoms with van der Waals surface area (Å²) in [6.07, 6.45) is 3.64. The molecule has 0 aliphatic carbocycles. The second-order valence-electron chi connectivity index (χ2n) is 6.44. The number of benzene rings is 1. The fourth-order valence-corrected chi connectivity index (χ4v) is 3.92. The van der Waals surface area contributed by atoms with Gasteiger partial charge in [0.05, 0.1) is 0 Å². The molecule has 0 amide bonds. The molecule has 148 valence electrons. The smallest absolute Gasteiger partial charge is 0.190 e. The lowest BCUT2D eigenvalue weighted by Crippen LogP contribution is -2.44. The monoisotopic (exact) mass is 494 g/mol. The summed E-state index contributed by atoms with van der Waals surface area (Å²) in [5, 5.41) is 6.84. The summed E-state index contributed by atoms with van der Waals surface area (Å²) in [5.41, 5.74) is 0. The third kappa shape index (κ3) is 8.90. The minimum Gasteiger partial charge on any atom is -0.356 e. The molecule has 0 bridgehead atoms. The SMILES string of the molecule is CCN1CCCC(CNC(=NC)NCCCSc2ccc(F)cc2)C1.I. The topological polar surface area (TPSA) is 39.7 Å². The number of likely N-dealkylation sites (tertiary alicyclic amines) is 1. The van der Waals surface area contributed by atoms with Crippen molar-refractivity contribution in [2.24, 2.45) is 10.9 Å². The molecular formula is C19H32FIN4S. The molecule has 0 radical (unpaired) electrons. The van der Waals surface area contributed by atoms with E-state index in [9.17, 15) is 4.39 Å². The molecule has 1 fully saturated rings. The van der Waals surface area contributed by atoms with E-state index in [4.69, 9.17) is 0 Å². The molecule has 0 spiro atoms. The first-order valence-corrected chi connectivity index (χ1v) is 10.2. The number of nitrogens with zero attached hydrogens (tertiary/aromatic N) is 2. The Kier molecular flexibility index (Phi) is 12.3. The average Bonchev–Trinajstić information content (AvgIpc) is 2.65. The van der Waals surface area contributed by atoms with Gasteiger partial charge < -0.3 is 15.5 Å². The Labute approximate surface area is 178 Å². The molecule has 7 heteroatoms. The second-order valence-corrected chi connectivity index (χ2v) is 7.61. The zero-order chi connectivity index (χ0) is 17.9. The summed E-state index contributed by atoms with van der Waals surface area (Å²) in [6.45, 7) is 7.69. The van der Waals surface area contributed by atoms with E-state index in [2.05, 4.69) is 27.4 Å². The number of nitrogens with one attached hydrogen (secondary N) is 2. The molecule has 1 aliphatic rings. The lowest BCUT2D eigenvalue weighted by Gasteiger charge is -2.32. The molecular weight excluding hydrogens is 462 g/mol. The maximum Gasteiger partial charge on any atom is 0.190 e. The highest BCUT2D eigenvalue weighted by Gasteiger charge is 2.18. The van der Waals surface area contributed by atoms with E-state index in [1.54, 1.807) is 11.8 Å². The number of piperidine rings is 1.